The Kier molecular flexibility index (Phi) is 5.36. The van der Waals surface area contributed by atoms with Gasteiger partial charge in [0, 0.05) is 16.7 Å². The molecule has 5 heteroatoms. The molecule has 21 heavy (non-hydrogen) atoms. The molecular formula is C16H17BrN2O2. The lowest BCUT2D eigenvalue weighted by atomic mass is 10.1. The molecule has 0 radical (unpaired) electrons. The van der Waals surface area contributed by atoms with Crippen LogP contribution in [0.3, 0.4) is 0 Å². The number of nitrogen functional groups attached to an aromatic ring is 1. The topological polar surface area (TPSA) is 75.3 Å². The summed E-state index contributed by atoms with van der Waals surface area (Å²) < 4.78 is 0.940. The third-order valence-corrected chi connectivity index (χ3v) is 3.56. The molecule has 4 N–H and O–H groups in total. The Morgan fingerprint density at radius 1 is 1.24 bits per heavy atom. The van der Waals surface area contributed by atoms with E-state index < -0.39 is 6.10 Å². The summed E-state index contributed by atoms with van der Waals surface area (Å²) in [7, 11) is 0. The summed E-state index contributed by atoms with van der Waals surface area (Å²) in [5.74, 6) is -0.123. The lowest BCUT2D eigenvalue weighted by Gasteiger charge is -2.12. The third-order valence-electron chi connectivity index (χ3n) is 3.07. The predicted molar refractivity (Wildman–Crippen MR) is 86.7 cm³/mol. The van der Waals surface area contributed by atoms with Gasteiger partial charge in [-0.25, -0.2) is 0 Å². The second-order valence-electron chi connectivity index (χ2n) is 4.79. The van der Waals surface area contributed by atoms with Crippen molar-refractivity contribution < 1.29 is 9.90 Å². The van der Waals surface area contributed by atoms with Crippen molar-refractivity contribution in [1.29, 1.82) is 0 Å². The smallest absolute Gasteiger partial charge is 0.224 e. The van der Waals surface area contributed by atoms with E-state index in [-0.39, 0.29) is 18.9 Å². The van der Waals surface area contributed by atoms with E-state index in [9.17, 15) is 9.90 Å². The summed E-state index contributed by atoms with van der Waals surface area (Å²) in [6.07, 6.45) is -0.453. The number of hydrogen-bond donors (Lipinski definition) is 3. The monoisotopic (exact) mass is 348 g/mol. The normalized spacial score (nSPS) is 11.9. The first-order chi connectivity index (χ1) is 10.0. The van der Waals surface area contributed by atoms with Crippen LogP contribution in [0.25, 0.3) is 0 Å². The molecule has 0 aliphatic rings. The standard InChI is InChI=1S/C16H17BrN2O2/c17-13-3-1-2-11(8-13)9-16(21)19-10-15(20)12-4-6-14(18)7-5-12/h1-8,15,20H,9-10,18H2,(H,19,21). The Morgan fingerprint density at radius 2 is 1.95 bits per heavy atom. The Hall–Kier alpha value is -1.85. The van der Waals surface area contributed by atoms with Crippen LogP contribution in [0.2, 0.25) is 0 Å². The number of carbonyl (C=O) groups is 1. The summed E-state index contributed by atoms with van der Waals surface area (Å²) in [6.45, 7) is 0.177. The minimum Gasteiger partial charge on any atom is -0.399 e. The van der Waals surface area contributed by atoms with Crippen LogP contribution in [-0.2, 0) is 11.2 Å². The molecule has 0 saturated heterocycles. The van der Waals surface area contributed by atoms with Gasteiger partial charge in [0.15, 0.2) is 0 Å². The van der Waals surface area contributed by atoms with Crippen molar-refractivity contribution in [3.63, 3.8) is 0 Å². The first-order valence-corrected chi connectivity index (χ1v) is 7.38. The zero-order valence-electron chi connectivity index (χ0n) is 11.4. The molecule has 0 heterocycles. The molecule has 0 aliphatic heterocycles. The predicted octanol–water partition coefficient (Wildman–Crippen LogP) is 2.42. The van der Waals surface area contributed by atoms with E-state index in [1.807, 2.05) is 24.3 Å². The summed E-state index contributed by atoms with van der Waals surface area (Å²) >= 11 is 3.37. The number of nitrogens with two attached hydrogens (primary N) is 1. The molecule has 1 atom stereocenters. The molecule has 0 bridgehead atoms. The number of anilines is 1. The minimum absolute atomic E-state index is 0.123. The van der Waals surface area contributed by atoms with E-state index in [1.165, 1.54) is 0 Å². The number of carbonyl (C=O) groups excluding carboxylic acids is 1. The number of hydrogen-bond acceptors (Lipinski definition) is 3. The minimum atomic E-state index is -0.739. The first kappa shape index (κ1) is 15.5. The Morgan fingerprint density at radius 3 is 2.62 bits per heavy atom. The van der Waals surface area contributed by atoms with Gasteiger partial charge >= 0.3 is 0 Å². The van der Waals surface area contributed by atoms with E-state index in [2.05, 4.69) is 21.2 Å². The second kappa shape index (κ2) is 7.24. The van der Waals surface area contributed by atoms with Crippen LogP contribution in [0.15, 0.2) is 53.0 Å². The summed E-state index contributed by atoms with van der Waals surface area (Å²) in [5, 5.41) is 12.7. The average Bonchev–Trinajstić information content (AvgIpc) is 2.45. The number of benzene rings is 2. The van der Waals surface area contributed by atoms with Crippen molar-refractivity contribution in [2.75, 3.05) is 12.3 Å². The van der Waals surface area contributed by atoms with E-state index in [1.54, 1.807) is 24.3 Å². The van der Waals surface area contributed by atoms with Crippen molar-refractivity contribution in [3.05, 3.63) is 64.1 Å². The zero-order chi connectivity index (χ0) is 15.2. The van der Waals surface area contributed by atoms with E-state index in [0.717, 1.165) is 15.6 Å². The van der Waals surface area contributed by atoms with Gasteiger partial charge in [0.05, 0.1) is 12.5 Å². The molecular weight excluding hydrogens is 332 g/mol. The second-order valence-corrected chi connectivity index (χ2v) is 5.71. The fraction of sp³-hybridized carbons (Fsp3) is 0.188. The highest BCUT2D eigenvalue weighted by molar-refractivity contribution is 9.10. The van der Waals surface area contributed by atoms with Gasteiger partial charge in [0.2, 0.25) is 5.91 Å². The highest BCUT2D eigenvalue weighted by Gasteiger charge is 2.10. The maximum Gasteiger partial charge on any atom is 0.224 e. The molecule has 2 aromatic rings. The van der Waals surface area contributed by atoms with Crippen LogP contribution < -0.4 is 11.1 Å². The maximum absolute atomic E-state index is 11.9. The molecule has 0 aliphatic carbocycles. The van der Waals surface area contributed by atoms with Crippen molar-refractivity contribution >= 4 is 27.5 Å². The highest BCUT2D eigenvalue weighted by Crippen LogP contribution is 2.14. The molecule has 0 spiro atoms. The molecule has 2 rings (SSSR count). The van der Waals surface area contributed by atoms with Gasteiger partial charge < -0.3 is 16.2 Å². The summed E-state index contributed by atoms with van der Waals surface area (Å²) in [6, 6.07) is 14.5. The number of amides is 1. The highest BCUT2D eigenvalue weighted by atomic mass is 79.9. The Bertz CT molecular complexity index is 614. The number of aliphatic hydroxyl groups excluding tert-OH is 1. The average molecular weight is 349 g/mol. The maximum atomic E-state index is 11.9. The van der Waals surface area contributed by atoms with Gasteiger partial charge in [-0.05, 0) is 35.4 Å². The largest absolute Gasteiger partial charge is 0.399 e. The van der Waals surface area contributed by atoms with Gasteiger partial charge in [-0.15, -0.1) is 0 Å². The SMILES string of the molecule is Nc1ccc(C(O)CNC(=O)Cc2cccc(Br)c2)cc1. The van der Waals surface area contributed by atoms with Crippen molar-refractivity contribution in [1.82, 2.24) is 5.32 Å². The lowest BCUT2D eigenvalue weighted by molar-refractivity contribution is -0.120. The van der Waals surface area contributed by atoms with Crippen molar-refractivity contribution in [2.45, 2.75) is 12.5 Å². The summed E-state index contributed by atoms with van der Waals surface area (Å²) in [5.41, 5.74) is 7.88. The van der Waals surface area contributed by atoms with Crippen LogP contribution in [0, 0.1) is 0 Å². The van der Waals surface area contributed by atoms with E-state index >= 15 is 0 Å². The van der Waals surface area contributed by atoms with Gasteiger partial charge in [-0.2, -0.15) is 0 Å². The first-order valence-electron chi connectivity index (χ1n) is 6.59. The van der Waals surface area contributed by atoms with Crippen molar-refractivity contribution in [3.8, 4) is 0 Å². The fourth-order valence-electron chi connectivity index (χ4n) is 1.94. The third kappa shape index (κ3) is 4.88. The van der Waals surface area contributed by atoms with Crippen molar-refractivity contribution in [2.24, 2.45) is 0 Å². The molecule has 4 nitrogen and oxygen atoms in total. The molecule has 0 fully saturated rings. The zero-order valence-corrected chi connectivity index (χ0v) is 13.0. The van der Waals surface area contributed by atoms with Gasteiger partial charge in [-0.3, -0.25) is 4.79 Å². The van der Waals surface area contributed by atoms with E-state index in [4.69, 9.17) is 5.73 Å². The van der Waals surface area contributed by atoms with Crippen LogP contribution >= 0.6 is 15.9 Å². The van der Waals surface area contributed by atoms with E-state index in [0.29, 0.717) is 5.69 Å². The van der Waals surface area contributed by atoms with Gasteiger partial charge in [-0.1, -0.05) is 40.2 Å². The molecule has 1 amide bonds. The fourth-order valence-corrected chi connectivity index (χ4v) is 2.39. The molecule has 1 unspecified atom stereocenters. The van der Waals surface area contributed by atoms with Crippen LogP contribution in [0.4, 0.5) is 5.69 Å². The quantitative estimate of drug-likeness (QED) is 0.726. The number of rotatable bonds is 5. The Labute approximate surface area is 132 Å². The Balaban J connectivity index is 1.84. The van der Waals surface area contributed by atoms with Crippen LogP contribution in [-0.4, -0.2) is 17.6 Å². The van der Waals surface area contributed by atoms with Gasteiger partial charge in [0.25, 0.3) is 0 Å². The number of nitrogens with one attached hydrogen (secondary N) is 1. The molecule has 0 aromatic heterocycles. The van der Waals surface area contributed by atoms with Crippen LogP contribution in [0.1, 0.15) is 17.2 Å². The molecule has 2 aromatic carbocycles. The lowest BCUT2D eigenvalue weighted by Crippen LogP contribution is -2.29. The van der Waals surface area contributed by atoms with Crippen LogP contribution in [0.5, 0.6) is 0 Å². The number of halogens is 1. The molecule has 0 saturated carbocycles. The molecule has 110 valence electrons. The number of aliphatic hydroxyl groups is 1. The summed E-state index contributed by atoms with van der Waals surface area (Å²) in [4.78, 5) is 11.9. The van der Waals surface area contributed by atoms with Gasteiger partial charge in [0.1, 0.15) is 0 Å².